The lowest BCUT2D eigenvalue weighted by molar-refractivity contribution is 0.332. The molecule has 0 unspecified atom stereocenters. The summed E-state index contributed by atoms with van der Waals surface area (Å²) >= 11 is 0. The van der Waals surface area contributed by atoms with Gasteiger partial charge in [0, 0.05) is 61.4 Å². The molecular formula is C100H99BN4. The second-order valence-electron chi connectivity index (χ2n) is 37.2. The maximum absolute atomic E-state index is 2.65. The molecule has 4 aliphatic rings. The highest BCUT2D eigenvalue weighted by molar-refractivity contribution is 7.00. The largest absolute Gasteiger partial charge is 0.311 e. The van der Waals surface area contributed by atoms with Crippen molar-refractivity contribution in [2.45, 2.75) is 181 Å². The van der Waals surface area contributed by atoms with E-state index in [1.54, 1.807) is 0 Å². The highest BCUT2D eigenvalue weighted by Crippen LogP contribution is 2.52. The van der Waals surface area contributed by atoms with Gasteiger partial charge in [-0.15, -0.1) is 0 Å². The van der Waals surface area contributed by atoms with Gasteiger partial charge in [-0.25, -0.2) is 0 Å². The van der Waals surface area contributed by atoms with Crippen LogP contribution in [0.15, 0.2) is 243 Å². The number of aromatic nitrogens is 2. The summed E-state index contributed by atoms with van der Waals surface area (Å²) < 4.78 is 5.08. The lowest BCUT2D eigenvalue weighted by atomic mass is 9.33. The Hall–Kier alpha value is -10.1. The molecule has 18 rings (SSSR count). The zero-order chi connectivity index (χ0) is 73.0. The van der Waals surface area contributed by atoms with Crippen molar-refractivity contribution >= 4 is 101 Å². The molecule has 0 saturated carbocycles. The Morgan fingerprint density at radius 1 is 0.267 bits per heavy atom. The van der Waals surface area contributed by atoms with Crippen LogP contribution in [0.5, 0.6) is 0 Å². The van der Waals surface area contributed by atoms with Crippen molar-refractivity contribution in [1.82, 2.24) is 9.13 Å². The molecule has 5 heteroatoms. The van der Waals surface area contributed by atoms with Crippen molar-refractivity contribution in [3.8, 4) is 44.8 Å². The van der Waals surface area contributed by atoms with Crippen LogP contribution in [-0.4, -0.2) is 15.8 Å². The number of hydrogen-bond donors (Lipinski definition) is 0. The van der Waals surface area contributed by atoms with Gasteiger partial charge < -0.3 is 18.9 Å². The molecule has 0 spiro atoms. The number of fused-ring (bicyclic) bond motifs is 12. The maximum Gasteiger partial charge on any atom is 0.252 e. The monoisotopic (exact) mass is 1370 g/mol. The first-order valence-corrected chi connectivity index (χ1v) is 38.7. The van der Waals surface area contributed by atoms with Crippen molar-refractivity contribution in [2.75, 3.05) is 9.80 Å². The molecule has 12 aromatic carbocycles. The van der Waals surface area contributed by atoms with Crippen LogP contribution in [-0.2, 0) is 37.9 Å². The van der Waals surface area contributed by atoms with E-state index in [4.69, 9.17) is 0 Å². The molecular weight excluding hydrogens is 1270 g/mol. The quantitative estimate of drug-likeness (QED) is 0.148. The SMILES string of the molecule is CC(C)(C)c1cc(-c2ccc3c(c2)B2c4ccc(-n5c6ccccc6c6cc(C(C)(C)C)ccc65)cc4N(c4ccc(-c5ccc6c(c5)C(C)(C)CCC6(C)C)cc4)c4cc(-n5c6ccccc6c6ccccc65)cc(c42)N3c2ccc(-c3ccc4c(c3)C(C)(C)CCC4(C)C)cc2)cc(C(C)(C)C)c1. The number of anilines is 6. The van der Waals surface area contributed by atoms with Crippen LogP contribution in [0, 0.1) is 0 Å². The summed E-state index contributed by atoms with van der Waals surface area (Å²) in [5.41, 5.74) is 35.3. The van der Waals surface area contributed by atoms with Crippen molar-refractivity contribution in [3.63, 3.8) is 0 Å². The Labute approximate surface area is 623 Å². The van der Waals surface area contributed by atoms with E-state index >= 15 is 0 Å². The first-order chi connectivity index (χ1) is 49.9. The molecule has 0 radical (unpaired) electrons. The van der Waals surface area contributed by atoms with Gasteiger partial charge in [-0.1, -0.05) is 275 Å². The number of hydrogen-bond acceptors (Lipinski definition) is 2. The molecule has 0 saturated heterocycles. The van der Waals surface area contributed by atoms with Crippen LogP contribution in [0.25, 0.3) is 88.4 Å². The van der Waals surface area contributed by atoms with Gasteiger partial charge in [0.1, 0.15) is 0 Å². The maximum atomic E-state index is 2.65. The first kappa shape index (κ1) is 66.8. The second-order valence-corrected chi connectivity index (χ2v) is 37.2. The number of para-hydroxylation sites is 3. The molecule has 522 valence electrons. The lowest BCUT2D eigenvalue weighted by Crippen LogP contribution is -2.61. The van der Waals surface area contributed by atoms with Crippen LogP contribution < -0.4 is 26.2 Å². The summed E-state index contributed by atoms with van der Waals surface area (Å²) in [6.45, 7) is 40.4. The summed E-state index contributed by atoms with van der Waals surface area (Å²) in [5, 5.41) is 5.00. The van der Waals surface area contributed by atoms with Crippen LogP contribution in [0.4, 0.5) is 34.1 Å². The fourth-order valence-corrected chi connectivity index (χ4v) is 18.7. The molecule has 0 N–H and O–H groups in total. The first-order valence-electron chi connectivity index (χ1n) is 38.7. The highest BCUT2D eigenvalue weighted by Gasteiger charge is 2.46. The minimum Gasteiger partial charge on any atom is -0.311 e. The van der Waals surface area contributed by atoms with Gasteiger partial charge in [-0.2, -0.15) is 0 Å². The van der Waals surface area contributed by atoms with Crippen LogP contribution in [0.2, 0.25) is 0 Å². The van der Waals surface area contributed by atoms with Gasteiger partial charge in [0.05, 0.1) is 27.8 Å². The predicted octanol–water partition coefficient (Wildman–Crippen LogP) is 25.6. The standard InChI is InChI=1S/C100H99BN4/c1-94(2,3)68-37-47-88-78(58-68)77-26-20-23-29-87(77)104(88)73-42-45-83-90(59-73)103(72-40-32-63(33-41-72)65-35-44-80-82(55-65)100(16,17)51-49-98(80,12)13)92-61-74(105-85-27-21-18-24-75(85)76-25-19-22-28-86(76)105)60-91-93(92)101(83)84-56-66(67-52-69(95(4,5)6)57-70(53-67)96(7,8)9)36-46-89(84)102(91)71-38-30-62(31-39-71)64-34-43-79-81(54-64)99(14,15)50-48-97(79,10)11/h18-47,52-61H,48-51H2,1-17H3. The highest BCUT2D eigenvalue weighted by atomic mass is 15.2. The average Bonchev–Trinajstić information content (AvgIpc) is 1.36. The summed E-state index contributed by atoms with van der Waals surface area (Å²) in [5.74, 6) is 0. The van der Waals surface area contributed by atoms with E-state index in [1.807, 2.05) is 0 Å². The fraction of sp³-hybridized carbons (Fsp3) is 0.280. The van der Waals surface area contributed by atoms with E-state index in [9.17, 15) is 0 Å². The molecule has 105 heavy (non-hydrogen) atoms. The molecule has 4 heterocycles. The number of rotatable bonds is 7. The van der Waals surface area contributed by atoms with E-state index in [2.05, 4.69) is 379 Å². The van der Waals surface area contributed by atoms with E-state index in [-0.39, 0.29) is 44.6 Å². The van der Waals surface area contributed by atoms with E-state index in [1.165, 1.54) is 164 Å². The zero-order valence-corrected chi connectivity index (χ0v) is 64.8. The Morgan fingerprint density at radius 2 is 0.657 bits per heavy atom. The minimum atomic E-state index is -0.182. The van der Waals surface area contributed by atoms with Crippen molar-refractivity contribution < 1.29 is 0 Å². The molecule has 14 aromatic rings. The van der Waals surface area contributed by atoms with Crippen LogP contribution in [0.1, 0.15) is 182 Å². The normalized spacial score (nSPS) is 16.3. The van der Waals surface area contributed by atoms with Crippen molar-refractivity contribution in [3.05, 3.63) is 282 Å². The zero-order valence-electron chi connectivity index (χ0n) is 64.8. The van der Waals surface area contributed by atoms with Gasteiger partial charge in [-0.3, -0.25) is 0 Å². The lowest BCUT2D eigenvalue weighted by Gasteiger charge is -2.45. The summed E-state index contributed by atoms with van der Waals surface area (Å²) in [4.78, 5) is 5.28. The third kappa shape index (κ3) is 10.7. The molecule has 0 amide bonds. The summed E-state index contributed by atoms with van der Waals surface area (Å²) in [6, 6.07) is 95.6. The molecule has 0 bridgehead atoms. The van der Waals surface area contributed by atoms with Gasteiger partial charge in [0.25, 0.3) is 6.71 Å². The topological polar surface area (TPSA) is 16.3 Å². The average molecular weight is 1370 g/mol. The molecule has 2 aromatic heterocycles. The van der Waals surface area contributed by atoms with E-state index in [0.717, 1.165) is 39.8 Å². The van der Waals surface area contributed by atoms with Gasteiger partial charge in [0.2, 0.25) is 0 Å². The molecule has 2 aliphatic carbocycles. The van der Waals surface area contributed by atoms with Crippen molar-refractivity contribution in [2.24, 2.45) is 0 Å². The molecule has 2 aliphatic heterocycles. The Bertz CT molecular complexity index is 5840. The van der Waals surface area contributed by atoms with Gasteiger partial charge >= 0.3 is 0 Å². The fourth-order valence-electron chi connectivity index (χ4n) is 18.7. The second kappa shape index (κ2) is 23.2. The van der Waals surface area contributed by atoms with Crippen LogP contribution in [0.3, 0.4) is 0 Å². The van der Waals surface area contributed by atoms with Gasteiger partial charge in [0.15, 0.2) is 0 Å². The Kier molecular flexibility index (Phi) is 14.8. The van der Waals surface area contributed by atoms with E-state index < -0.39 is 0 Å². The smallest absolute Gasteiger partial charge is 0.252 e. The van der Waals surface area contributed by atoms with Gasteiger partial charge in [-0.05, 0) is 237 Å². The third-order valence-corrected chi connectivity index (χ3v) is 25.3. The number of benzene rings is 12. The van der Waals surface area contributed by atoms with Crippen molar-refractivity contribution in [1.29, 1.82) is 0 Å². The molecule has 4 nitrogen and oxygen atoms in total. The Morgan fingerprint density at radius 3 is 1.14 bits per heavy atom. The minimum absolute atomic E-state index is 0.0202. The number of nitrogens with zero attached hydrogens (tertiary/aromatic N) is 4. The molecule has 0 fully saturated rings. The Balaban J connectivity index is 0.928. The predicted molar refractivity (Wildman–Crippen MR) is 452 cm³/mol. The summed E-state index contributed by atoms with van der Waals surface area (Å²) in [6.07, 6.45) is 4.71. The summed E-state index contributed by atoms with van der Waals surface area (Å²) in [7, 11) is 0. The van der Waals surface area contributed by atoms with E-state index in [0.29, 0.717) is 0 Å². The van der Waals surface area contributed by atoms with Crippen LogP contribution >= 0.6 is 0 Å². The molecule has 0 atom stereocenters. The third-order valence-electron chi connectivity index (χ3n) is 25.3.